The summed E-state index contributed by atoms with van der Waals surface area (Å²) in [5, 5.41) is 5.93. The van der Waals surface area contributed by atoms with Crippen LogP contribution < -0.4 is 10.6 Å². The Morgan fingerprint density at radius 1 is 1.21 bits per heavy atom. The second kappa shape index (κ2) is 17.7. The van der Waals surface area contributed by atoms with Crippen LogP contribution in [0, 0.1) is 11.8 Å². The minimum absolute atomic E-state index is 0.405. The van der Waals surface area contributed by atoms with Gasteiger partial charge in [-0.2, -0.15) is 13.2 Å². The third-order valence-electron chi connectivity index (χ3n) is 6.77. The van der Waals surface area contributed by atoms with Crippen molar-refractivity contribution in [3.63, 3.8) is 0 Å². The van der Waals surface area contributed by atoms with Gasteiger partial charge in [-0.3, -0.25) is 9.79 Å². The molecule has 1 amide bonds. The number of hydrogen-bond donors (Lipinski definition) is 2. The molecule has 3 atom stereocenters. The Balaban J connectivity index is 0.000000415. The number of amides is 1. The van der Waals surface area contributed by atoms with Gasteiger partial charge in [-0.1, -0.05) is 70.8 Å². The van der Waals surface area contributed by atoms with Gasteiger partial charge in [0, 0.05) is 50.4 Å². The van der Waals surface area contributed by atoms with Crippen LogP contribution in [0.5, 0.6) is 0 Å². The molecule has 0 aromatic rings. The lowest BCUT2D eigenvalue weighted by atomic mass is 9.93. The van der Waals surface area contributed by atoms with Gasteiger partial charge in [-0.25, -0.2) is 0 Å². The lowest BCUT2D eigenvalue weighted by Gasteiger charge is -2.32. The summed E-state index contributed by atoms with van der Waals surface area (Å²) in [6.45, 7) is 10.2. The molecule has 8 heteroatoms. The van der Waals surface area contributed by atoms with E-state index in [-0.39, 0.29) is 0 Å². The van der Waals surface area contributed by atoms with Crippen LogP contribution in [0.4, 0.5) is 13.2 Å². The molecule has 1 aliphatic carbocycles. The van der Waals surface area contributed by atoms with Crippen molar-refractivity contribution in [2.75, 3.05) is 20.1 Å². The largest absolute Gasteiger partial charge is 0.398 e. The van der Waals surface area contributed by atoms with Gasteiger partial charge < -0.3 is 15.5 Å². The zero-order valence-corrected chi connectivity index (χ0v) is 23.7. The predicted octanol–water partition coefficient (Wildman–Crippen LogP) is 7.08. The Kier molecular flexibility index (Phi) is 15.5. The molecule has 0 fully saturated rings. The molecule has 0 spiro atoms. The zero-order chi connectivity index (χ0) is 28.4. The van der Waals surface area contributed by atoms with E-state index in [2.05, 4.69) is 60.5 Å². The molecular weight excluding hydrogens is 489 g/mol. The van der Waals surface area contributed by atoms with E-state index < -0.39 is 17.6 Å². The van der Waals surface area contributed by atoms with Crippen molar-refractivity contribution >= 4 is 12.6 Å². The van der Waals surface area contributed by atoms with Gasteiger partial charge in [0.05, 0.1) is 11.5 Å². The van der Waals surface area contributed by atoms with Crippen LogP contribution in [0.15, 0.2) is 65.1 Å². The highest BCUT2D eigenvalue weighted by Crippen LogP contribution is 2.30. The number of unbranched alkanes of at least 4 members (excludes halogenated alkanes) is 2. The number of nitrogens with one attached hydrogen (secondary N) is 2. The van der Waals surface area contributed by atoms with E-state index in [1.165, 1.54) is 30.7 Å². The Labute approximate surface area is 227 Å². The molecule has 214 valence electrons. The molecule has 5 nitrogen and oxygen atoms in total. The normalized spacial score (nSPS) is 19.1. The fourth-order valence-electron chi connectivity index (χ4n) is 4.00. The number of nitrogens with zero attached hydrogens (tertiary/aromatic N) is 2. The molecule has 1 heterocycles. The number of carbonyl (C=O) groups excluding carboxylic acids is 1. The van der Waals surface area contributed by atoms with Gasteiger partial charge in [-0.05, 0) is 43.9 Å². The Bertz CT molecular complexity index is 873. The highest BCUT2D eigenvalue weighted by atomic mass is 19.4. The van der Waals surface area contributed by atoms with Crippen molar-refractivity contribution in [2.45, 2.75) is 84.4 Å². The van der Waals surface area contributed by atoms with E-state index in [4.69, 9.17) is 0 Å². The van der Waals surface area contributed by atoms with Crippen molar-refractivity contribution in [2.24, 2.45) is 16.8 Å². The number of aliphatic imine (C=N–C) groups is 1. The summed E-state index contributed by atoms with van der Waals surface area (Å²) in [5.74, 6) is -0.753. The van der Waals surface area contributed by atoms with Crippen LogP contribution in [-0.4, -0.2) is 49.4 Å². The van der Waals surface area contributed by atoms with Gasteiger partial charge in [0.15, 0.2) is 0 Å². The number of carbonyl (C=O) groups is 1. The van der Waals surface area contributed by atoms with Gasteiger partial charge in [0.1, 0.15) is 0 Å². The topological polar surface area (TPSA) is 56.7 Å². The first kappa shape index (κ1) is 33.3. The minimum atomic E-state index is -4.28. The molecule has 0 aromatic carbocycles. The van der Waals surface area contributed by atoms with Crippen molar-refractivity contribution in [1.29, 1.82) is 0 Å². The van der Waals surface area contributed by atoms with Crippen LogP contribution >= 0.6 is 0 Å². The summed E-state index contributed by atoms with van der Waals surface area (Å²) >= 11 is 0. The van der Waals surface area contributed by atoms with E-state index in [0.717, 1.165) is 56.7 Å². The van der Waals surface area contributed by atoms with Crippen molar-refractivity contribution in [3.8, 4) is 0 Å². The van der Waals surface area contributed by atoms with Crippen molar-refractivity contribution < 1.29 is 18.0 Å². The molecule has 0 aromatic heterocycles. The number of allylic oxidation sites excluding steroid dienone is 7. The third kappa shape index (κ3) is 13.7. The van der Waals surface area contributed by atoms with Crippen LogP contribution in [0.25, 0.3) is 0 Å². The summed E-state index contributed by atoms with van der Waals surface area (Å²) < 4.78 is 38.3. The van der Waals surface area contributed by atoms with Crippen LogP contribution in [-0.2, 0) is 4.79 Å². The van der Waals surface area contributed by atoms with Crippen LogP contribution in [0.1, 0.15) is 72.6 Å². The van der Waals surface area contributed by atoms with E-state index in [9.17, 15) is 18.0 Å². The van der Waals surface area contributed by atoms with Gasteiger partial charge in [-0.15, -0.1) is 0 Å². The predicted molar refractivity (Wildman–Crippen MR) is 153 cm³/mol. The van der Waals surface area contributed by atoms with Gasteiger partial charge in [0.25, 0.3) is 0 Å². The zero-order valence-electron chi connectivity index (χ0n) is 23.7. The Hall–Kier alpha value is -2.77. The smallest absolute Gasteiger partial charge is 0.378 e. The maximum absolute atomic E-state index is 12.8. The van der Waals surface area contributed by atoms with Crippen LogP contribution in [0.3, 0.4) is 0 Å². The maximum atomic E-state index is 12.8. The van der Waals surface area contributed by atoms with E-state index in [1.54, 1.807) is 6.08 Å². The second-order valence-electron chi connectivity index (χ2n) is 10.3. The molecule has 0 saturated heterocycles. The molecular formula is C30H47F3N4O. The van der Waals surface area contributed by atoms with Crippen molar-refractivity contribution in [1.82, 2.24) is 15.5 Å². The average molecular weight is 537 g/mol. The minimum Gasteiger partial charge on any atom is -0.378 e. The molecule has 0 saturated carbocycles. The Morgan fingerprint density at radius 2 is 1.97 bits per heavy atom. The number of hydrogen-bond acceptors (Lipinski definition) is 4. The fraction of sp³-hybridized carbons (Fsp3) is 0.600. The summed E-state index contributed by atoms with van der Waals surface area (Å²) in [4.78, 5) is 17.0. The first-order valence-corrected chi connectivity index (χ1v) is 13.7. The molecule has 0 radical (unpaired) electrons. The molecule has 2 rings (SSSR count). The molecule has 1 aliphatic heterocycles. The third-order valence-corrected chi connectivity index (χ3v) is 6.77. The average Bonchev–Trinajstić information content (AvgIpc) is 3.30. The summed E-state index contributed by atoms with van der Waals surface area (Å²) in [6, 6.07) is 0. The SMILES string of the molecule is CCC(C)CCN(C)C1=CCC=NC=C1.CCCCCC(C)(CNC=O)NC1=CC=CC(C(F)(F)F)C=C1. The highest BCUT2D eigenvalue weighted by molar-refractivity contribution is 5.61. The standard InChI is InChI=1S/C17H25F3N2O.C13H22N2/c1-3-4-5-11-16(2,12-21-13-23)22-15-8-6-7-14(9-10-15)17(18,19)20;1-4-12(2)8-11-15(3)13-6-5-9-14-10-7-13/h6-10,13-14,22H,3-5,11-12H2,1-2H3,(H,21,23);6-7,9-10,12H,4-5,8,11H2,1-3H3. The summed E-state index contributed by atoms with van der Waals surface area (Å²) in [7, 11) is 2.16. The number of rotatable bonds is 14. The maximum Gasteiger partial charge on any atom is 0.398 e. The summed E-state index contributed by atoms with van der Waals surface area (Å²) in [6.07, 6.45) is 18.7. The molecule has 0 bridgehead atoms. The van der Waals surface area contributed by atoms with Crippen LogP contribution in [0.2, 0.25) is 0 Å². The Morgan fingerprint density at radius 3 is 2.63 bits per heavy atom. The number of halogens is 3. The highest BCUT2D eigenvalue weighted by Gasteiger charge is 2.36. The first-order chi connectivity index (χ1) is 18.0. The first-order valence-electron chi connectivity index (χ1n) is 13.7. The molecule has 38 heavy (non-hydrogen) atoms. The van der Waals surface area contributed by atoms with E-state index >= 15 is 0 Å². The molecule has 3 unspecified atom stereocenters. The molecule has 2 N–H and O–H groups in total. The van der Waals surface area contributed by atoms with Gasteiger partial charge in [0.2, 0.25) is 6.41 Å². The lowest BCUT2D eigenvalue weighted by Crippen LogP contribution is -2.49. The lowest BCUT2D eigenvalue weighted by molar-refractivity contribution is -0.148. The van der Waals surface area contributed by atoms with E-state index in [1.807, 2.05) is 19.3 Å². The summed E-state index contributed by atoms with van der Waals surface area (Å²) in [5.41, 5.74) is 1.49. The second-order valence-corrected chi connectivity index (χ2v) is 10.3. The fourth-order valence-corrected chi connectivity index (χ4v) is 4.00. The monoisotopic (exact) mass is 536 g/mol. The number of likely N-dealkylation sites (N-methyl/N-ethyl adjacent to an activating group) is 1. The molecule has 2 aliphatic rings. The van der Waals surface area contributed by atoms with Gasteiger partial charge >= 0.3 is 6.18 Å². The number of alkyl halides is 3. The quantitative estimate of drug-likeness (QED) is 0.184. The van der Waals surface area contributed by atoms with E-state index in [0.29, 0.717) is 18.7 Å². The van der Waals surface area contributed by atoms with Crippen molar-refractivity contribution in [3.05, 3.63) is 60.1 Å².